The highest BCUT2D eigenvalue weighted by atomic mass is 16.5. The molecule has 2 aliphatic carbocycles. The molecule has 2 heterocycles. The van der Waals surface area contributed by atoms with E-state index in [0.717, 1.165) is 61.7 Å². The van der Waals surface area contributed by atoms with E-state index in [4.69, 9.17) is 18.9 Å². The Morgan fingerprint density at radius 2 is 1.38 bits per heavy atom. The van der Waals surface area contributed by atoms with Crippen LogP contribution in [0.2, 0.25) is 0 Å². The van der Waals surface area contributed by atoms with Crippen molar-refractivity contribution in [1.82, 2.24) is 0 Å². The number of anilines is 2. The summed E-state index contributed by atoms with van der Waals surface area (Å²) >= 11 is 0. The van der Waals surface area contributed by atoms with Gasteiger partial charge in [-0.3, -0.25) is 0 Å². The van der Waals surface area contributed by atoms with Crippen LogP contribution in [0.5, 0.6) is 17.2 Å². The maximum absolute atomic E-state index is 13.1. The van der Waals surface area contributed by atoms with Crippen LogP contribution < -0.4 is 24.0 Å². The molecule has 310 valence electrons. The zero-order valence-electron chi connectivity index (χ0n) is 35.4. The average Bonchev–Trinajstić information content (AvgIpc) is 3.54. The van der Waals surface area contributed by atoms with Crippen LogP contribution in [0.1, 0.15) is 101 Å². The first-order valence-corrected chi connectivity index (χ1v) is 21.6. The summed E-state index contributed by atoms with van der Waals surface area (Å²) in [5, 5.41) is 0. The molecule has 1 atom stereocenters. The van der Waals surface area contributed by atoms with E-state index in [1.807, 2.05) is 42.5 Å². The number of unbranched alkanes of at least 4 members (excludes halogenated alkanes) is 3. The molecule has 0 spiro atoms. The van der Waals surface area contributed by atoms with Gasteiger partial charge in [0, 0.05) is 48.4 Å². The number of hydrogen-bond donors (Lipinski definition) is 0. The molecule has 5 aromatic rings. The topological polar surface area (TPSA) is 77.5 Å². The number of benzene rings is 5. The van der Waals surface area contributed by atoms with Crippen LogP contribution in [-0.4, -0.2) is 45.2 Å². The largest absolute Gasteiger partial charge is 0.495 e. The highest BCUT2D eigenvalue weighted by molar-refractivity contribution is 5.97. The van der Waals surface area contributed by atoms with Gasteiger partial charge in [-0.05, 0) is 125 Å². The van der Waals surface area contributed by atoms with Crippen LogP contribution in [0.4, 0.5) is 11.4 Å². The molecule has 1 saturated heterocycles. The number of carbonyl (C=O) groups is 2. The highest BCUT2D eigenvalue weighted by Gasteiger charge is 2.46. The Bertz CT molecular complexity index is 2540. The van der Waals surface area contributed by atoms with Crippen molar-refractivity contribution >= 4 is 28.9 Å². The van der Waals surface area contributed by atoms with E-state index in [1.165, 1.54) is 58.2 Å². The third-order valence-electron chi connectivity index (χ3n) is 12.6. The number of methoxy groups -OCH3 is 1. The molecule has 0 radical (unpaired) electrons. The standard InChI is InChI=1S/C53H52N2O6/c1-5-6-7-8-12-35-16-18-36(19-17-35)51(56)60-39-24-20-37(21-25-39)52(57)61-40-26-22-38(23-27-40)54-28-30-55(31-29-54)46-33-43-44(34-47(46)58-4)50-42(14-11-32-59-50)49-48(43)41-13-9-10-15-45(41)53(49,2)3/h9-11,13-27,32-34,50H,5-8,12,28-31H2,1-4H3. The smallest absolute Gasteiger partial charge is 0.343 e. The number of piperazine rings is 1. The van der Waals surface area contributed by atoms with E-state index >= 15 is 0 Å². The molecule has 9 rings (SSSR count). The summed E-state index contributed by atoms with van der Waals surface area (Å²) in [6.07, 6.45) is 11.6. The predicted molar refractivity (Wildman–Crippen MR) is 241 cm³/mol. The van der Waals surface area contributed by atoms with E-state index in [2.05, 4.69) is 73.0 Å². The molecule has 0 amide bonds. The van der Waals surface area contributed by atoms with Gasteiger partial charge in [0.25, 0.3) is 0 Å². The summed E-state index contributed by atoms with van der Waals surface area (Å²) < 4.78 is 23.7. The maximum atomic E-state index is 13.1. The Balaban J connectivity index is 0.827. The van der Waals surface area contributed by atoms with Gasteiger partial charge in [-0.1, -0.05) is 82.5 Å². The average molecular weight is 813 g/mol. The van der Waals surface area contributed by atoms with Crippen LogP contribution in [-0.2, 0) is 16.6 Å². The second-order valence-electron chi connectivity index (χ2n) is 16.8. The van der Waals surface area contributed by atoms with Crippen molar-refractivity contribution in [1.29, 1.82) is 0 Å². The fourth-order valence-corrected chi connectivity index (χ4v) is 9.41. The molecule has 1 unspecified atom stereocenters. The monoisotopic (exact) mass is 812 g/mol. The van der Waals surface area contributed by atoms with E-state index in [0.29, 0.717) is 22.6 Å². The Morgan fingerprint density at radius 1 is 0.738 bits per heavy atom. The number of fused-ring (bicyclic) bond motifs is 7. The van der Waals surface area contributed by atoms with Gasteiger partial charge in [0.2, 0.25) is 0 Å². The fourth-order valence-electron chi connectivity index (χ4n) is 9.41. The molecule has 4 aliphatic rings. The van der Waals surface area contributed by atoms with Gasteiger partial charge in [0.15, 0.2) is 0 Å². The minimum atomic E-state index is -0.487. The highest BCUT2D eigenvalue weighted by Crippen LogP contribution is 2.59. The summed E-state index contributed by atoms with van der Waals surface area (Å²) in [5.41, 5.74) is 12.9. The van der Waals surface area contributed by atoms with Crippen molar-refractivity contribution in [3.05, 3.63) is 178 Å². The lowest BCUT2D eigenvalue weighted by molar-refractivity contribution is 0.0730. The number of aryl methyl sites for hydroxylation is 1. The molecule has 0 N–H and O–H groups in total. The lowest BCUT2D eigenvalue weighted by Crippen LogP contribution is -2.46. The first-order valence-electron chi connectivity index (χ1n) is 21.6. The van der Waals surface area contributed by atoms with Gasteiger partial charge in [-0.15, -0.1) is 0 Å². The zero-order valence-corrected chi connectivity index (χ0v) is 35.4. The summed E-state index contributed by atoms with van der Waals surface area (Å²) in [7, 11) is 1.75. The fraction of sp³-hybridized carbons (Fsp3) is 0.283. The van der Waals surface area contributed by atoms with Crippen LogP contribution in [0, 0.1) is 0 Å². The van der Waals surface area contributed by atoms with Crippen molar-refractivity contribution in [2.24, 2.45) is 0 Å². The molecule has 8 nitrogen and oxygen atoms in total. The third kappa shape index (κ3) is 7.72. The molecule has 8 heteroatoms. The first kappa shape index (κ1) is 39.9. The SMILES string of the molecule is CCCCCCc1ccc(C(=O)Oc2ccc(C(=O)Oc3ccc(N4CCN(c5cc6c(cc5OC)C5OC=CC=C5C5=C6c6ccccc6C5(C)C)CC4)cc3)cc2)cc1. The molecule has 1 fully saturated rings. The van der Waals surface area contributed by atoms with Crippen LogP contribution >= 0.6 is 0 Å². The van der Waals surface area contributed by atoms with Gasteiger partial charge in [-0.25, -0.2) is 9.59 Å². The summed E-state index contributed by atoms with van der Waals surface area (Å²) in [4.78, 5) is 30.6. The van der Waals surface area contributed by atoms with Crippen molar-refractivity contribution in [2.45, 2.75) is 64.4 Å². The number of ether oxygens (including phenoxy) is 4. The Kier molecular flexibility index (Phi) is 11.0. The lowest BCUT2D eigenvalue weighted by Gasteiger charge is -2.39. The summed E-state index contributed by atoms with van der Waals surface area (Å²) in [6.45, 7) is 10.1. The van der Waals surface area contributed by atoms with E-state index in [1.54, 1.807) is 49.8 Å². The van der Waals surface area contributed by atoms with E-state index in [-0.39, 0.29) is 11.5 Å². The second-order valence-corrected chi connectivity index (χ2v) is 16.8. The van der Waals surface area contributed by atoms with Crippen LogP contribution in [0.3, 0.4) is 0 Å². The van der Waals surface area contributed by atoms with Crippen molar-refractivity contribution < 1.29 is 28.5 Å². The summed E-state index contributed by atoms with van der Waals surface area (Å²) in [6, 6.07) is 35.0. The number of esters is 2. The molecule has 2 aliphatic heterocycles. The lowest BCUT2D eigenvalue weighted by atomic mass is 9.72. The number of hydrogen-bond acceptors (Lipinski definition) is 8. The van der Waals surface area contributed by atoms with Crippen LogP contribution in [0.25, 0.3) is 5.57 Å². The van der Waals surface area contributed by atoms with E-state index in [9.17, 15) is 9.59 Å². The minimum absolute atomic E-state index is 0.160. The van der Waals surface area contributed by atoms with Gasteiger partial charge in [-0.2, -0.15) is 0 Å². The number of carbonyl (C=O) groups excluding carboxylic acids is 2. The molecule has 0 aromatic heterocycles. The molecule has 0 saturated carbocycles. The molecule has 5 aromatic carbocycles. The number of rotatable bonds is 12. The van der Waals surface area contributed by atoms with Gasteiger partial charge >= 0.3 is 11.9 Å². The van der Waals surface area contributed by atoms with Gasteiger partial charge in [0.05, 0.1) is 30.2 Å². The van der Waals surface area contributed by atoms with Gasteiger partial charge < -0.3 is 28.7 Å². The Labute approximate surface area is 358 Å². The first-order chi connectivity index (χ1) is 29.7. The summed E-state index contributed by atoms with van der Waals surface area (Å²) in [5.74, 6) is 0.732. The van der Waals surface area contributed by atoms with Crippen molar-refractivity contribution in [3.63, 3.8) is 0 Å². The zero-order chi connectivity index (χ0) is 42.1. The van der Waals surface area contributed by atoms with Crippen molar-refractivity contribution in [2.75, 3.05) is 43.1 Å². The third-order valence-corrected chi connectivity index (χ3v) is 12.6. The molecular weight excluding hydrogens is 761 g/mol. The van der Waals surface area contributed by atoms with Crippen molar-refractivity contribution in [3.8, 4) is 17.2 Å². The quantitative estimate of drug-likeness (QED) is 0.0700. The van der Waals surface area contributed by atoms with Gasteiger partial charge in [0.1, 0.15) is 23.4 Å². The normalized spacial score (nSPS) is 17.0. The van der Waals surface area contributed by atoms with E-state index < -0.39 is 11.9 Å². The van der Waals surface area contributed by atoms with Crippen LogP contribution in [0.15, 0.2) is 139 Å². The predicted octanol–water partition coefficient (Wildman–Crippen LogP) is 11.2. The molecule has 61 heavy (non-hydrogen) atoms. The molecular formula is C53H52N2O6. The minimum Gasteiger partial charge on any atom is -0.495 e. The maximum Gasteiger partial charge on any atom is 0.343 e. The molecule has 0 bridgehead atoms. The Morgan fingerprint density at radius 3 is 2.05 bits per heavy atom. The Hall–Kier alpha value is -6.54. The number of nitrogens with zero attached hydrogens (tertiary/aromatic N) is 2. The number of allylic oxidation sites excluding steroid dienone is 2. The second kappa shape index (κ2) is 16.8.